The van der Waals surface area contributed by atoms with Gasteiger partial charge in [0.15, 0.2) is 0 Å². The van der Waals surface area contributed by atoms with Crippen LogP contribution in [0.25, 0.3) is 0 Å². The molecule has 15 nitrogen and oxygen atoms in total. The highest BCUT2D eigenvalue weighted by molar-refractivity contribution is 7.52. The Labute approximate surface area is 335 Å². The Morgan fingerprint density at radius 1 is 0.571 bits per heavy atom. The zero-order valence-corrected chi connectivity index (χ0v) is 35.2. The van der Waals surface area contributed by atoms with Crippen LogP contribution < -0.4 is 4.74 Å². The minimum Gasteiger partial charge on any atom is -0.494 e. The first-order valence-corrected chi connectivity index (χ1v) is 22.5. The third kappa shape index (κ3) is 30.1. The van der Waals surface area contributed by atoms with E-state index in [1.807, 2.05) is 23.0 Å². The summed E-state index contributed by atoms with van der Waals surface area (Å²) >= 11 is 0. The molecule has 16 heteroatoms. The van der Waals surface area contributed by atoms with E-state index in [2.05, 4.69) is 29.4 Å². The number of ether oxygens (including phenoxy) is 9. The van der Waals surface area contributed by atoms with Crippen molar-refractivity contribution in [1.29, 1.82) is 0 Å². The molecule has 0 aliphatic rings. The predicted molar refractivity (Wildman–Crippen MR) is 215 cm³/mol. The molecule has 1 aromatic heterocycles. The summed E-state index contributed by atoms with van der Waals surface area (Å²) in [5.41, 5.74) is 1.91. The van der Waals surface area contributed by atoms with Gasteiger partial charge in [0.1, 0.15) is 11.4 Å². The van der Waals surface area contributed by atoms with Gasteiger partial charge in [0.05, 0.1) is 138 Å². The number of hydrogen-bond donors (Lipinski definition) is 1. The maximum atomic E-state index is 11.5. The van der Waals surface area contributed by atoms with Gasteiger partial charge in [0.25, 0.3) is 0 Å². The Morgan fingerprint density at radius 3 is 1.50 bits per heavy atom. The van der Waals surface area contributed by atoms with Crippen LogP contribution in [-0.4, -0.2) is 138 Å². The van der Waals surface area contributed by atoms with Gasteiger partial charge in [-0.15, -0.1) is 5.10 Å². The van der Waals surface area contributed by atoms with Gasteiger partial charge in [-0.3, -0.25) is 4.57 Å². The number of hydrogen-bond acceptors (Lipinski definition) is 13. The van der Waals surface area contributed by atoms with Crippen LogP contribution in [0.4, 0.5) is 0 Å². The molecule has 1 atom stereocenters. The molecule has 0 saturated heterocycles. The van der Waals surface area contributed by atoms with E-state index < -0.39 is 7.60 Å². The molecular weight excluding hydrogens is 745 g/mol. The van der Waals surface area contributed by atoms with Gasteiger partial charge in [0.2, 0.25) is 0 Å². The molecular formula is C40H72N3O12P. The summed E-state index contributed by atoms with van der Waals surface area (Å²) in [5.74, 6) is 0.911. The van der Waals surface area contributed by atoms with Gasteiger partial charge >= 0.3 is 7.60 Å². The van der Waals surface area contributed by atoms with Crippen LogP contribution in [0.1, 0.15) is 89.3 Å². The van der Waals surface area contributed by atoms with Crippen molar-refractivity contribution in [2.24, 2.45) is 0 Å². The van der Waals surface area contributed by atoms with E-state index in [4.69, 9.17) is 47.2 Å². The Hall–Kier alpha value is -2.01. The maximum Gasteiger partial charge on any atom is 0.330 e. The van der Waals surface area contributed by atoms with Crippen molar-refractivity contribution in [3.63, 3.8) is 0 Å². The van der Waals surface area contributed by atoms with E-state index in [1.54, 1.807) is 6.92 Å². The summed E-state index contributed by atoms with van der Waals surface area (Å²) in [6.45, 7) is 12.4. The molecule has 324 valence electrons. The lowest BCUT2D eigenvalue weighted by molar-refractivity contribution is -0.0234. The molecule has 56 heavy (non-hydrogen) atoms. The smallest absolute Gasteiger partial charge is 0.330 e. The lowest BCUT2D eigenvalue weighted by atomic mass is 10.1. The standard InChI is InChI=1S/C40H72N3O12P/c1-3-5-6-7-8-9-10-11-12-13-18-54-40-16-14-38(15-17-40)35-43-36-39(41-42-43)37-53-32-31-51-28-27-49-24-23-47-20-19-46-21-22-48-25-26-50-29-30-52-33-34-56(44,45)55-4-2/h14-17,36H,3-13,18-35,37H2,1-2H3,(H,44,45). The fraction of sp³-hybridized carbons (Fsp3) is 0.800. The second-order valence-corrected chi connectivity index (χ2v) is 15.2. The van der Waals surface area contributed by atoms with Crippen LogP contribution in [0.5, 0.6) is 5.75 Å². The van der Waals surface area contributed by atoms with Crippen LogP contribution >= 0.6 is 7.60 Å². The van der Waals surface area contributed by atoms with Gasteiger partial charge < -0.3 is 52.0 Å². The average Bonchev–Trinajstić information content (AvgIpc) is 3.64. The predicted octanol–water partition coefficient (Wildman–Crippen LogP) is 6.48. The first-order valence-electron chi connectivity index (χ1n) is 20.7. The topological polar surface area (TPSA) is 160 Å². The van der Waals surface area contributed by atoms with Crippen molar-refractivity contribution < 1.29 is 56.6 Å². The molecule has 0 aliphatic carbocycles. The molecule has 0 fully saturated rings. The second kappa shape index (κ2) is 36.1. The molecule has 2 aromatic rings. The van der Waals surface area contributed by atoms with Gasteiger partial charge in [-0.25, -0.2) is 4.68 Å². The van der Waals surface area contributed by atoms with E-state index in [9.17, 15) is 9.46 Å². The highest BCUT2D eigenvalue weighted by Crippen LogP contribution is 2.40. The van der Waals surface area contributed by atoms with Crippen molar-refractivity contribution in [3.8, 4) is 5.75 Å². The zero-order valence-electron chi connectivity index (χ0n) is 34.3. The number of aromatic nitrogens is 3. The Balaban J connectivity index is 1.29. The summed E-state index contributed by atoms with van der Waals surface area (Å²) in [6.07, 6.45) is 15.1. The normalized spacial score (nSPS) is 12.7. The lowest BCUT2D eigenvalue weighted by Crippen LogP contribution is -2.15. The zero-order chi connectivity index (χ0) is 40.0. The van der Waals surface area contributed by atoms with Crippen molar-refractivity contribution in [3.05, 3.63) is 41.7 Å². The number of unbranched alkanes of at least 4 members (excludes halogenated alkanes) is 9. The molecule has 1 unspecified atom stereocenters. The monoisotopic (exact) mass is 817 g/mol. The lowest BCUT2D eigenvalue weighted by Gasteiger charge is -2.11. The molecule has 0 amide bonds. The summed E-state index contributed by atoms with van der Waals surface area (Å²) in [6, 6.07) is 8.21. The third-order valence-corrected chi connectivity index (χ3v) is 9.73. The van der Waals surface area contributed by atoms with E-state index in [0.717, 1.165) is 30.0 Å². The van der Waals surface area contributed by atoms with E-state index in [-0.39, 0.29) is 19.4 Å². The SMILES string of the molecule is CCCCCCCCCCCCOc1ccc(Cn2cc(COCCOCCOCCOCCOCCOCCOCCOCCP(=O)(O)OCC)nn2)cc1. The highest BCUT2D eigenvalue weighted by atomic mass is 31.2. The second-order valence-electron chi connectivity index (χ2n) is 13.2. The number of nitrogens with zero attached hydrogens (tertiary/aromatic N) is 3. The molecule has 1 N–H and O–H groups in total. The fourth-order valence-electron chi connectivity index (χ4n) is 5.30. The Bertz CT molecular complexity index is 1190. The third-order valence-electron chi connectivity index (χ3n) is 8.32. The van der Waals surface area contributed by atoms with Gasteiger partial charge in [0, 0.05) is 0 Å². The first-order chi connectivity index (χ1) is 27.5. The minimum absolute atomic E-state index is 0.0290. The van der Waals surface area contributed by atoms with Crippen LogP contribution in [-0.2, 0) is 60.1 Å². The van der Waals surface area contributed by atoms with E-state index in [1.165, 1.54) is 57.8 Å². The number of rotatable bonds is 42. The van der Waals surface area contributed by atoms with Gasteiger partial charge in [-0.1, -0.05) is 82.1 Å². The van der Waals surface area contributed by atoms with Crippen LogP contribution in [0.15, 0.2) is 30.5 Å². The largest absolute Gasteiger partial charge is 0.494 e. The van der Waals surface area contributed by atoms with E-state index >= 15 is 0 Å². The molecule has 0 spiro atoms. The van der Waals surface area contributed by atoms with Gasteiger partial charge in [-0.05, 0) is 31.0 Å². The average molecular weight is 818 g/mol. The van der Waals surface area contributed by atoms with Crippen LogP contribution in [0.3, 0.4) is 0 Å². The number of benzene rings is 1. The Kier molecular flexibility index (Phi) is 32.3. The van der Waals surface area contributed by atoms with Crippen LogP contribution in [0.2, 0.25) is 0 Å². The Morgan fingerprint density at radius 2 is 1.02 bits per heavy atom. The van der Waals surface area contributed by atoms with Crippen molar-refractivity contribution in [2.45, 2.75) is 91.2 Å². The van der Waals surface area contributed by atoms with Crippen molar-refractivity contribution in [2.75, 3.05) is 118 Å². The maximum absolute atomic E-state index is 11.5. The van der Waals surface area contributed by atoms with Crippen molar-refractivity contribution >= 4 is 7.60 Å². The molecule has 2 rings (SSSR count). The van der Waals surface area contributed by atoms with Crippen LogP contribution in [0, 0.1) is 0 Å². The highest BCUT2D eigenvalue weighted by Gasteiger charge is 2.17. The molecule has 1 heterocycles. The summed E-state index contributed by atoms with van der Waals surface area (Å²) in [4.78, 5) is 9.44. The molecule has 0 bridgehead atoms. The molecule has 0 saturated carbocycles. The molecule has 0 aliphatic heterocycles. The van der Waals surface area contributed by atoms with Gasteiger partial charge in [-0.2, -0.15) is 0 Å². The first kappa shape index (κ1) is 50.1. The summed E-state index contributed by atoms with van der Waals surface area (Å²) in [5, 5.41) is 8.45. The molecule has 0 radical (unpaired) electrons. The van der Waals surface area contributed by atoms with E-state index in [0.29, 0.717) is 106 Å². The summed E-state index contributed by atoms with van der Waals surface area (Å²) in [7, 11) is -3.53. The fourth-order valence-corrected chi connectivity index (χ4v) is 6.19. The quantitative estimate of drug-likeness (QED) is 0.0573. The molecule has 1 aromatic carbocycles. The minimum atomic E-state index is -3.53. The summed E-state index contributed by atoms with van der Waals surface area (Å²) < 4.78 is 67.9. The van der Waals surface area contributed by atoms with Crippen molar-refractivity contribution in [1.82, 2.24) is 15.0 Å².